The first-order chi connectivity index (χ1) is 5.29. The molecule has 0 spiro atoms. The molecule has 0 N–H and O–H groups in total. The van der Waals surface area contributed by atoms with E-state index in [2.05, 4.69) is 12.8 Å². The van der Waals surface area contributed by atoms with Gasteiger partial charge in [0.25, 0.3) is 0 Å². The normalized spacial score (nSPS) is 48.7. The molecule has 1 unspecified atom stereocenters. The molecule has 2 aliphatic rings. The lowest BCUT2D eigenvalue weighted by Crippen LogP contribution is -2.38. The molecule has 0 bridgehead atoms. The third-order valence-corrected chi connectivity index (χ3v) is 2.70. The molecular formula is C9H12O2. The Balaban J connectivity index is 2.31. The third-order valence-electron chi connectivity index (χ3n) is 2.70. The van der Waals surface area contributed by atoms with Crippen molar-refractivity contribution in [2.24, 2.45) is 5.92 Å². The van der Waals surface area contributed by atoms with Crippen molar-refractivity contribution in [3.8, 4) is 12.3 Å². The van der Waals surface area contributed by atoms with Gasteiger partial charge in [-0.25, -0.2) is 0 Å². The molecule has 0 radical (unpaired) electrons. The van der Waals surface area contributed by atoms with Gasteiger partial charge in [-0.05, 0) is 0 Å². The highest BCUT2D eigenvalue weighted by atomic mass is 16.6. The van der Waals surface area contributed by atoms with Crippen molar-refractivity contribution in [2.45, 2.75) is 25.0 Å². The fourth-order valence-electron chi connectivity index (χ4n) is 1.97. The lowest BCUT2D eigenvalue weighted by Gasteiger charge is -2.24. The Hall–Kier alpha value is -0.520. The summed E-state index contributed by atoms with van der Waals surface area (Å²) in [5.41, 5.74) is -0.389. The molecule has 0 saturated carbocycles. The van der Waals surface area contributed by atoms with Gasteiger partial charge < -0.3 is 9.47 Å². The van der Waals surface area contributed by atoms with E-state index in [-0.39, 0.29) is 11.7 Å². The molecule has 11 heavy (non-hydrogen) atoms. The summed E-state index contributed by atoms with van der Waals surface area (Å²) in [5.74, 6) is 3.09. The molecule has 0 aromatic carbocycles. The van der Waals surface area contributed by atoms with Crippen LogP contribution in [0.25, 0.3) is 0 Å². The number of terminal acetylenes is 1. The SMILES string of the molecule is C#C[C@]12OCCC1OC[C@H]2C. The van der Waals surface area contributed by atoms with Crippen LogP contribution in [0, 0.1) is 18.3 Å². The summed E-state index contributed by atoms with van der Waals surface area (Å²) in [6.45, 7) is 3.58. The Morgan fingerprint density at radius 3 is 3.09 bits per heavy atom. The molecule has 2 heterocycles. The Kier molecular flexibility index (Phi) is 1.45. The topological polar surface area (TPSA) is 18.5 Å². The van der Waals surface area contributed by atoms with Crippen molar-refractivity contribution in [3.05, 3.63) is 0 Å². The van der Waals surface area contributed by atoms with Crippen LogP contribution in [0.3, 0.4) is 0 Å². The first-order valence-electron chi connectivity index (χ1n) is 4.03. The first kappa shape index (κ1) is 7.15. The maximum atomic E-state index is 5.56. The van der Waals surface area contributed by atoms with Crippen molar-refractivity contribution in [1.29, 1.82) is 0 Å². The van der Waals surface area contributed by atoms with E-state index in [0.29, 0.717) is 5.92 Å². The number of hydrogen-bond donors (Lipinski definition) is 0. The van der Waals surface area contributed by atoms with Gasteiger partial charge in [0.05, 0.1) is 13.2 Å². The second kappa shape index (κ2) is 2.23. The summed E-state index contributed by atoms with van der Waals surface area (Å²) in [4.78, 5) is 0. The predicted octanol–water partition coefficient (Wildman–Crippen LogP) is 0.814. The van der Waals surface area contributed by atoms with Crippen molar-refractivity contribution in [1.82, 2.24) is 0 Å². The summed E-state index contributed by atoms with van der Waals surface area (Å²) in [6.07, 6.45) is 6.55. The van der Waals surface area contributed by atoms with Crippen LogP contribution in [0.5, 0.6) is 0 Å². The predicted molar refractivity (Wildman–Crippen MR) is 41.0 cm³/mol. The van der Waals surface area contributed by atoms with Crippen molar-refractivity contribution in [2.75, 3.05) is 13.2 Å². The minimum Gasteiger partial charge on any atom is -0.374 e. The smallest absolute Gasteiger partial charge is 0.159 e. The van der Waals surface area contributed by atoms with E-state index in [4.69, 9.17) is 15.9 Å². The molecule has 60 valence electrons. The Morgan fingerprint density at radius 1 is 1.64 bits per heavy atom. The minimum absolute atomic E-state index is 0.155. The van der Waals surface area contributed by atoms with Crippen LogP contribution in [0.15, 0.2) is 0 Å². The van der Waals surface area contributed by atoms with E-state index in [0.717, 1.165) is 19.6 Å². The van der Waals surface area contributed by atoms with Crippen LogP contribution in [-0.4, -0.2) is 24.9 Å². The van der Waals surface area contributed by atoms with E-state index in [9.17, 15) is 0 Å². The standard InChI is InChI=1S/C9H12O2/c1-3-9-7(2)6-10-8(9)4-5-11-9/h1,7-8H,4-6H2,2H3/t7-,8?,9-/m1/s1. The van der Waals surface area contributed by atoms with Crippen molar-refractivity contribution < 1.29 is 9.47 Å². The zero-order valence-corrected chi connectivity index (χ0v) is 6.67. The average molecular weight is 152 g/mol. The van der Waals surface area contributed by atoms with Crippen LogP contribution < -0.4 is 0 Å². The van der Waals surface area contributed by atoms with Crippen LogP contribution in [-0.2, 0) is 9.47 Å². The Labute approximate surface area is 66.9 Å². The summed E-state index contributed by atoms with van der Waals surface area (Å²) < 4.78 is 11.1. The molecule has 0 amide bonds. The highest BCUT2D eigenvalue weighted by molar-refractivity contribution is 5.19. The maximum absolute atomic E-state index is 5.56. The van der Waals surface area contributed by atoms with Gasteiger partial charge >= 0.3 is 0 Å². The summed E-state index contributed by atoms with van der Waals surface area (Å²) in [5, 5.41) is 0. The minimum atomic E-state index is -0.389. The van der Waals surface area contributed by atoms with E-state index < -0.39 is 0 Å². The Bertz CT molecular complexity index is 206. The first-order valence-corrected chi connectivity index (χ1v) is 4.03. The lowest BCUT2D eigenvalue weighted by molar-refractivity contribution is 0.00910. The van der Waals surface area contributed by atoms with E-state index in [1.165, 1.54) is 0 Å². The van der Waals surface area contributed by atoms with Crippen LogP contribution in [0.2, 0.25) is 0 Å². The molecular weight excluding hydrogens is 140 g/mol. The fourth-order valence-corrected chi connectivity index (χ4v) is 1.97. The van der Waals surface area contributed by atoms with Gasteiger partial charge in [-0.1, -0.05) is 12.8 Å². The molecule has 2 saturated heterocycles. The van der Waals surface area contributed by atoms with Crippen LogP contribution >= 0.6 is 0 Å². The van der Waals surface area contributed by atoms with Gasteiger partial charge in [0.2, 0.25) is 0 Å². The molecule has 2 rings (SSSR count). The quantitative estimate of drug-likeness (QED) is 0.478. The van der Waals surface area contributed by atoms with Gasteiger partial charge in [0.15, 0.2) is 5.60 Å². The zero-order chi connectivity index (χ0) is 7.90. The second-order valence-electron chi connectivity index (χ2n) is 3.30. The maximum Gasteiger partial charge on any atom is 0.159 e. The summed E-state index contributed by atoms with van der Waals surface area (Å²) in [6, 6.07) is 0. The summed E-state index contributed by atoms with van der Waals surface area (Å²) in [7, 11) is 0. The summed E-state index contributed by atoms with van der Waals surface area (Å²) >= 11 is 0. The van der Waals surface area contributed by atoms with Gasteiger partial charge in [0.1, 0.15) is 6.10 Å². The largest absolute Gasteiger partial charge is 0.374 e. The third kappa shape index (κ3) is 0.756. The van der Waals surface area contributed by atoms with Crippen molar-refractivity contribution >= 4 is 0 Å². The van der Waals surface area contributed by atoms with Gasteiger partial charge in [0, 0.05) is 12.3 Å². The molecule has 0 aliphatic carbocycles. The molecule has 3 atom stereocenters. The number of ether oxygens (including phenoxy) is 2. The number of rotatable bonds is 0. The van der Waals surface area contributed by atoms with E-state index >= 15 is 0 Å². The molecule has 2 heteroatoms. The lowest BCUT2D eigenvalue weighted by atomic mass is 9.88. The van der Waals surface area contributed by atoms with Crippen LogP contribution in [0.4, 0.5) is 0 Å². The second-order valence-corrected chi connectivity index (χ2v) is 3.30. The van der Waals surface area contributed by atoms with Gasteiger partial charge in [-0.2, -0.15) is 0 Å². The molecule has 2 fully saturated rings. The van der Waals surface area contributed by atoms with Crippen LogP contribution in [0.1, 0.15) is 13.3 Å². The molecule has 2 aliphatic heterocycles. The fraction of sp³-hybridized carbons (Fsp3) is 0.778. The highest BCUT2D eigenvalue weighted by Gasteiger charge is 2.52. The highest BCUT2D eigenvalue weighted by Crippen LogP contribution is 2.40. The van der Waals surface area contributed by atoms with Gasteiger partial charge in [-0.15, -0.1) is 6.42 Å². The Morgan fingerprint density at radius 2 is 2.45 bits per heavy atom. The van der Waals surface area contributed by atoms with E-state index in [1.807, 2.05) is 0 Å². The molecule has 0 aromatic heterocycles. The number of fused-ring (bicyclic) bond motifs is 1. The monoisotopic (exact) mass is 152 g/mol. The van der Waals surface area contributed by atoms with Gasteiger partial charge in [-0.3, -0.25) is 0 Å². The zero-order valence-electron chi connectivity index (χ0n) is 6.67. The molecule has 2 nitrogen and oxygen atoms in total. The van der Waals surface area contributed by atoms with Crippen molar-refractivity contribution in [3.63, 3.8) is 0 Å². The molecule has 0 aromatic rings. The average Bonchev–Trinajstić information content (AvgIpc) is 2.53. The van der Waals surface area contributed by atoms with E-state index in [1.54, 1.807) is 0 Å². The number of hydrogen-bond acceptors (Lipinski definition) is 2.